The number of hydrogen-bond donors (Lipinski definition) is 1. The molecule has 0 saturated carbocycles. The van der Waals surface area contributed by atoms with Gasteiger partial charge in [-0.1, -0.05) is 26.7 Å². The van der Waals surface area contributed by atoms with E-state index in [1.165, 1.54) is 25.7 Å². The largest absolute Gasteiger partial charge is 0.392 e. The molecule has 14 heavy (non-hydrogen) atoms. The van der Waals surface area contributed by atoms with Gasteiger partial charge in [0.15, 0.2) is 0 Å². The topological polar surface area (TPSA) is 32.7 Å². The van der Waals surface area contributed by atoms with Crippen molar-refractivity contribution in [1.82, 2.24) is 4.90 Å². The molecule has 1 atom stereocenters. The van der Waals surface area contributed by atoms with Crippen LogP contribution in [0.15, 0.2) is 0 Å². The summed E-state index contributed by atoms with van der Waals surface area (Å²) in [5, 5.41) is 9.13. The summed E-state index contributed by atoms with van der Waals surface area (Å²) < 4.78 is 5.23. The zero-order chi connectivity index (χ0) is 10.8. The second-order valence-corrected chi connectivity index (χ2v) is 3.62. The molecule has 0 saturated heterocycles. The highest BCUT2D eigenvalue weighted by Gasteiger charge is 2.15. The summed E-state index contributed by atoms with van der Waals surface area (Å²) in [6.45, 7) is 6.49. The summed E-state index contributed by atoms with van der Waals surface area (Å²) in [5.41, 5.74) is 0. The van der Waals surface area contributed by atoms with Crippen LogP contribution >= 0.6 is 0 Å². The van der Waals surface area contributed by atoms with Gasteiger partial charge in [-0.05, 0) is 12.8 Å². The van der Waals surface area contributed by atoms with Gasteiger partial charge >= 0.3 is 0 Å². The predicted octanol–water partition coefficient (Wildman–Crippen LogP) is 1.85. The summed E-state index contributed by atoms with van der Waals surface area (Å²) in [4.78, 5) is 2.23. The second-order valence-electron chi connectivity index (χ2n) is 3.62. The number of nitrogens with zero attached hydrogens (tertiary/aromatic N) is 1. The van der Waals surface area contributed by atoms with E-state index in [9.17, 15) is 0 Å². The first-order valence-corrected chi connectivity index (χ1v) is 5.67. The molecule has 0 spiro atoms. The number of rotatable bonds is 9. The molecule has 0 rings (SSSR count). The fraction of sp³-hybridized carbons (Fsp3) is 1.00. The first-order valence-electron chi connectivity index (χ1n) is 5.67. The summed E-state index contributed by atoms with van der Waals surface area (Å²) in [5.74, 6) is 0. The van der Waals surface area contributed by atoms with Crippen molar-refractivity contribution < 1.29 is 9.84 Å². The molecule has 0 aliphatic carbocycles. The van der Waals surface area contributed by atoms with E-state index in [2.05, 4.69) is 18.7 Å². The van der Waals surface area contributed by atoms with E-state index in [-0.39, 0.29) is 12.8 Å². The average Bonchev–Trinajstić information content (AvgIpc) is 2.22. The number of hydrogen-bond acceptors (Lipinski definition) is 3. The predicted molar refractivity (Wildman–Crippen MR) is 59.3 cm³/mol. The van der Waals surface area contributed by atoms with Gasteiger partial charge in [-0.15, -0.1) is 0 Å². The molecule has 1 N–H and O–H groups in total. The van der Waals surface area contributed by atoms with Crippen molar-refractivity contribution in [3.63, 3.8) is 0 Å². The Morgan fingerprint density at radius 1 is 1.14 bits per heavy atom. The number of ether oxygens (including phenoxy) is 1. The molecule has 0 aliphatic rings. The second kappa shape index (κ2) is 9.44. The maximum atomic E-state index is 9.13. The molecule has 0 aliphatic heterocycles. The van der Waals surface area contributed by atoms with Crippen LogP contribution in [0.4, 0.5) is 0 Å². The Morgan fingerprint density at radius 3 is 1.93 bits per heavy atom. The molecule has 3 heteroatoms. The third-order valence-electron chi connectivity index (χ3n) is 2.43. The Hall–Kier alpha value is -0.120. The molecule has 0 aromatic rings. The molecular formula is C11H25NO2. The highest BCUT2D eigenvalue weighted by Crippen LogP contribution is 2.05. The minimum absolute atomic E-state index is 0.0872. The van der Waals surface area contributed by atoms with Crippen LogP contribution in [0.5, 0.6) is 0 Å². The molecule has 0 amide bonds. The smallest absolute Gasteiger partial charge is 0.133 e. The van der Waals surface area contributed by atoms with Crippen molar-refractivity contribution in [3.8, 4) is 0 Å². The molecule has 0 fully saturated rings. The van der Waals surface area contributed by atoms with Gasteiger partial charge in [-0.2, -0.15) is 0 Å². The van der Waals surface area contributed by atoms with Crippen LogP contribution in [0.25, 0.3) is 0 Å². The maximum absolute atomic E-state index is 9.13. The zero-order valence-corrected chi connectivity index (χ0v) is 9.83. The molecule has 0 aromatic heterocycles. The van der Waals surface area contributed by atoms with E-state index >= 15 is 0 Å². The van der Waals surface area contributed by atoms with Crippen molar-refractivity contribution in [2.45, 2.75) is 45.8 Å². The van der Waals surface area contributed by atoms with E-state index in [4.69, 9.17) is 9.84 Å². The van der Waals surface area contributed by atoms with E-state index in [1.807, 2.05) is 0 Å². The third kappa shape index (κ3) is 5.58. The fourth-order valence-electron chi connectivity index (χ4n) is 1.46. The summed E-state index contributed by atoms with van der Waals surface area (Å²) in [6, 6.07) is 0. The van der Waals surface area contributed by atoms with Crippen molar-refractivity contribution in [2.75, 3.05) is 26.8 Å². The lowest BCUT2D eigenvalue weighted by Crippen LogP contribution is -2.40. The molecule has 0 radical (unpaired) electrons. The Balaban J connectivity index is 3.92. The Bertz CT molecular complexity index is 108. The van der Waals surface area contributed by atoms with E-state index in [0.29, 0.717) is 0 Å². The highest BCUT2D eigenvalue weighted by molar-refractivity contribution is 4.62. The van der Waals surface area contributed by atoms with Crippen molar-refractivity contribution in [1.29, 1.82) is 0 Å². The minimum atomic E-state index is -0.118. The van der Waals surface area contributed by atoms with Gasteiger partial charge in [0.05, 0.1) is 6.61 Å². The quantitative estimate of drug-likeness (QED) is 0.581. The lowest BCUT2D eigenvalue weighted by Gasteiger charge is -2.29. The lowest BCUT2D eigenvalue weighted by atomic mass is 10.2. The van der Waals surface area contributed by atoms with Gasteiger partial charge in [0.1, 0.15) is 6.23 Å². The standard InChI is InChI=1S/C11H25NO2/c1-4-6-8-12(9-7-5-2)11(10-13)14-3/h11,13H,4-10H2,1-3H3. The zero-order valence-electron chi connectivity index (χ0n) is 9.83. The van der Waals surface area contributed by atoms with Gasteiger partial charge in [0.2, 0.25) is 0 Å². The van der Waals surface area contributed by atoms with Gasteiger partial charge < -0.3 is 9.84 Å². The molecule has 86 valence electrons. The SMILES string of the molecule is CCCCN(CCCC)C(CO)OC. The van der Waals surface area contributed by atoms with Crippen LogP contribution < -0.4 is 0 Å². The number of methoxy groups -OCH3 is 1. The third-order valence-corrected chi connectivity index (χ3v) is 2.43. The Labute approximate surface area is 88.1 Å². The minimum Gasteiger partial charge on any atom is -0.392 e. The van der Waals surface area contributed by atoms with Crippen molar-refractivity contribution in [2.24, 2.45) is 0 Å². The molecule has 3 nitrogen and oxygen atoms in total. The molecular weight excluding hydrogens is 178 g/mol. The summed E-state index contributed by atoms with van der Waals surface area (Å²) in [7, 11) is 1.66. The van der Waals surface area contributed by atoms with Gasteiger partial charge in [0.25, 0.3) is 0 Å². The van der Waals surface area contributed by atoms with Gasteiger partial charge in [-0.25, -0.2) is 0 Å². The van der Waals surface area contributed by atoms with E-state index < -0.39 is 0 Å². The van der Waals surface area contributed by atoms with Crippen LogP contribution in [-0.2, 0) is 4.74 Å². The van der Waals surface area contributed by atoms with E-state index in [0.717, 1.165) is 13.1 Å². The Morgan fingerprint density at radius 2 is 1.64 bits per heavy atom. The molecule has 1 unspecified atom stereocenters. The monoisotopic (exact) mass is 203 g/mol. The van der Waals surface area contributed by atoms with Crippen molar-refractivity contribution >= 4 is 0 Å². The summed E-state index contributed by atoms with van der Waals surface area (Å²) >= 11 is 0. The normalized spacial score (nSPS) is 13.5. The van der Waals surface area contributed by atoms with Crippen LogP contribution in [-0.4, -0.2) is 43.0 Å². The Kier molecular flexibility index (Phi) is 9.35. The van der Waals surface area contributed by atoms with Crippen molar-refractivity contribution in [3.05, 3.63) is 0 Å². The number of aliphatic hydroxyl groups excluding tert-OH is 1. The highest BCUT2D eigenvalue weighted by atomic mass is 16.5. The van der Waals surface area contributed by atoms with E-state index in [1.54, 1.807) is 7.11 Å². The molecule has 0 bridgehead atoms. The van der Waals surface area contributed by atoms with Gasteiger partial charge in [0, 0.05) is 20.2 Å². The van der Waals surface area contributed by atoms with Crippen LogP contribution in [0.3, 0.4) is 0 Å². The van der Waals surface area contributed by atoms with Crippen LogP contribution in [0.2, 0.25) is 0 Å². The fourth-order valence-corrected chi connectivity index (χ4v) is 1.46. The van der Waals surface area contributed by atoms with Gasteiger partial charge in [-0.3, -0.25) is 4.90 Å². The molecule has 0 aromatic carbocycles. The maximum Gasteiger partial charge on any atom is 0.133 e. The number of aliphatic hydroxyl groups is 1. The summed E-state index contributed by atoms with van der Waals surface area (Å²) in [6.07, 6.45) is 4.59. The molecule has 0 heterocycles. The lowest BCUT2D eigenvalue weighted by molar-refractivity contribution is -0.0649. The van der Waals surface area contributed by atoms with Crippen LogP contribution in [0.1, 0.15) is 39.5 Å². The first kappa shape index (κ1) is 13.9. The number of unbranched alkanes of at least 4 members (excludes halogenated alkanes) is 2. The average molecular weight is 203 g/mol. The van der Waals surface area contributed by atoms with Crippen LogP contribution in [0, 0.1) is 0 Å². The first-order chi connectivity index (χ1) is 6.79.